The van der Waals surface area contributed by atoms with Gasteiger partial charge in [0.2, 0.25) is 7.28 Å². The first-order valence-electron chi connectivity index (χ1n) is 29.6. The number of thiophene rings is 1. The number of furan rings is 1. The molecule has 0 atom stereocenters. The predicted molar refractivity (Wildman–Crippen MR) is 354 cm³/mol. The number of nitrogens with one attached hydrogen (secondary N) is 1. The molecular formula is C77H74BN2OS. The second-order valence-electron chi connectivity index (χ2n) is 28.5. The summed E-state index contributed by atoms with van der Waals surface area (Å²) in [7, 11) is 2.35. The van der Waals surface area contributed by atoms with Crippen LogP contribution in [-0.4, -0.2) is 11.8 Å². The smallest absolute Gasteiger partial charge is 0.247 e. The lowest BCUT2D eigenvalue weighted by Gasteiger charge is -2.26. The van der Waals surface area contributed by atoms with Gasteiger partial charge in [-0.25, -0.2) is 0 Å². The van der Waals surface area contributed by atoms with Gasteiger partial charge in [0.1, 0.15) is 5.58 Å². The van der Waals surface area contributed by atoms with Crippen molar-refractivity contribution in [2.45, 2.75) is 136 Å². The predicted octanol–water partition coefficient (Wildman–Crippen LogP) is 20.1. The Morgan fingerprint density at radius 3 is 1.74 bits per heavy atom. The van der Waals surface area contributed by atoms with Gasteiger partial charge in [-0.15, -0.1) is 11.3 Å². The lowest BCUT2D eigenvalue weighted by molar-refractivity contribution is 0.589. The molecule has 0 fully saturated rings. The molecule has 5 heteroatoms. The first-order chi connectivity index (χ1) is 38.9. The van der Waals surface area contributed by atoms with E-state index in [1.165, 1.54) is 114 Å². The highest BCUT2D eigenvalue weighted by Crippen LogP contribution is 2.53. The standard InChI is InChI=1S/C77H74BN2OS/c1-73(2,3)47-24-20-45(21-25-47)56(46-22-26-48(27-23-46)74(4,5)6)37-44-19-33-52-57-40-58(64(42-63(57)77(13,14)62(52)38-44)79-51-31-28-49(29-32-51)75(7,8)9)54-34-35-55-59-41-60-53-17-15-16-18-67(53)82-68(60)43-65(59)80-70(55)69(54)78-72-71(80)61-39-50(76(10,11)12)30-36-66(61)81-72/h15-36,38-43,56,79H,37H2,1-14H3. The van der Waals surface area contributed by atoms with Crippen molar-refractivity contribution >= 4 is 94.1 Å². The Hall–Kier alpha value is -7.60. The number of hydrogen-bond acceptors (Lipinski definition) is 3. The molecule has 0 saturated carbocycles. The van der Waals surface area contributed by atoms with E-state index in [9.17, 15) is 0 Å². The Bertz CT molecular complexity index is 4510. The average Bonchev–Trinajstić information content (AvgIpc) is 2.51. The first-order valence-corrected chi connectivity index (χ1v) is 30.5. The molecule has 1 N–H and O–H groups in total. The van der Waals surface area contributed by atoms with Gasteiger partial charge in [0.15, 0.2) is 0 Å². The van der Waals surface area contributed by atoms with Crippen molar-refractivity contribution in [2.24, 2.45) is 0 Å². The second kappa shape index (κ2) is 18.2. The molecule has 0 bridgehead atoms. The highest BCUT2D eigenvalue weighted by Gasteiger charge is 2.38. The molecule has 4 heterocycles. The van der Waals surface area contributed by atoms with Crippen LogP contribution in [0.4, 0.5) is 11.4 Å². The summed E-state index contributed by atoms with van der Waals surface area (Å²) in [5.74, 6) is 0.196. The summed E-state index contributed by atoms with van der Waals surface area (Å²) >= 11 is 1.88. The van der Waals surface area contributed by atoms with E-state index in [1.54, 1.807) is 0 Å². The van der Waals surface area contributed by atoms with Crippen LogP contribution >= 0.6 is 11.3 Å². The van der Waals surface area contributed by atoms with Crippen molar-refractivity contribution in [1.29, 1.82) is 0 Å². The van der Waals surface area contributed by atoms with Crippen LogP contribution in [0.15, 0.2) is 174 Å². The normalized spacial score (nSPS) is 14.1. The molecule has 0 spiro atoms. The van der Waals surface area contributed by atoms with E-state index < -0.39 is 0 Å². The minimum atomic E-state index is -0.271. The first kappa shape index (κ1) is 52.5. The number of anilines is 2. The molecule has 0 saturated heterocycles. The third kappa shape index (κ3) is 8.50. The molecule has 3 nitrogen and oxygen atoms in total. The van der Waals surface area contributed by atoms with Crippen molar-refractivity contribution < 1.29 is 4.42 Å². The van der Waals surface area contributed by atoms with E-state index >= 15 is 0 Å². The SMILES string of the molecule is CC(C)(C)c1ccc(Nc2cc3c(cc2-c2ccc4c5cc6c(cc5n5c4c2[B]c2oc4ccc(C(C)(C)C)cc4c2-5)sc2ccccc26)-c2ccc(CC(c4ccc(C(C)(C)C)cc4)c4ccc(C(C)(C)C)cc4)cc2C3(C)C)cc1. The largest absolute Gasteiger partial charge is 0.469 e. The fourth-order valence-electron chi connectivity index (χ4n) is 13.6. The maximum absolute atomic E-state index is 7.05. The zero-order valence-corrected chi connectivity index (χ0v) is 51.1. The maximum atomic E-state index is 7.05. The Balaban J connectivity index is 0.956. The minimum absolute atomic E-state index is 0.0296. The monoisotopic (exact) mass is 1090 g/mol. The molecular weight excluding hydrogens is 1010 g/mol. The van der Waals surface area contributed by atoms with Crippen LogP contribution in [0.2, 0.25) is 0 Å². The molecule has 0 amide bonds. The van der Waals surface area contributed by atoms with Crippen LogP contribution in [0.5, 0.6) is 0 Å². The van der Waals surface area contributed by atoms with E-state index in [4.69, 9.17) is 4.42 Å². The van der Waals surface area contributed by atoms with E-state index in [0.29, 0.717) is 0 Å². The van der Waals surface area contributed by atoms with Gasteiger partial charge in [0.25, 0.3) is 0 Å². The van der Waals surface area contributed by atoms with E-state index in [2.05, 4.69) is 284 Å². The van der Waals surface area contributed by atoms with Gasteiger partial charge in [0, 0.05) is 70.1 Å². The summed E-state index contributed by atoms with van der Waals surface area (Å²) in [5.41, 5.74) is 25.6. The van der Waals surface area contributed by atoms with Crippen LogP contribution in [0.3, 0.4) is 0 Å². The van der Waals surface area contributed by atoms with Crippen molar-refractivity contribution in [2.75, 3.05) is 5.32 Å². The Labute approximate surface area is 489 Å². The zero-order valence-electron chi connectivity index (χ0n) is 50.3. The average molecular weight is 1090 g/mol. The van der Waals surface area contributed by atoms with Crippen molar-refractivity contribution in [3.05, 3.63) is 220 Å². The van der Waals surface area contributed by atoms with Crippen LogP contribution in [0.25, 0.3) is 80.9 Å². The number of benzene rings is 9. The van der Waals surface area contributed by atoms with Gasteiger partial charge in [-0.1, -0.05) is 212 Å². The number of rotatable bonds is 7. The Kier molecular flexibility index (Phi) is 11.6. The quantitative estimate of drug-likeness (QED) is 0.161. The third-order valence-corrected chi connectivity index (χ3v) is 19.7. The Morgan fingerprint density at radius 2 is 1.10 bits per heavy atom. The van der Waals surface area contributed by atoms with Gasteiger partial charge in [-0.2, -0.15) is 0 Å². The number of aromatic nitrogens is 1. The Morgan fingerprint density at radius 1 is 0.500 bits per heavy atom. The number of fused-ring (bicyclic) bond motifs is 13. The van der Waals surface area contributed by atoms with Crippen molar-refractivity contribution in [3.8, 4) is 27.9 Å². The minimum Gasteiger partial charge on any atom is -0.469 e. The van der Waals surface area contributed by atoms with E-state index in [1.807, 2.05) is 11.3 Å². The fraction of sp³-hybridized carbons (Fsp3) is 0.273. The summed E-state index contributed by atoms with van der Waals surface area (Å²) in [4.78, 5) is 0. The van der Waals surface area contributed by atoms with Gasteiger partial charge in [0.05, 0.1) is 16.9 Å². The molecule has 2 aliphatic rings. The lowest BCUT2D eigenvalue weighted by atomic mass is 9.62. The van der Waals surface area contributed by atoms with Gasteiger partial charge in [-0.3, -0.25) is 0 Å². The zero-order chi connectivity index (χ0) is 57.2. The van der Waals surface area contributed by atoms with Gasteiger partial charge < -0.3 is 14.3 Å². The van der Waals surface area contributed by atoms with Crippen LogP contribution in [0.1, 0.15) is 153 Å². The van der Waals surface area contributed by atoms with Crippen molar-refractivity contribution in [3.63, 3.8) is 0 Å². The molecule has 1 aliphatic carbocycles. The van der Waals surface area contributed by atoms with Crippen LogP contribution < -0.4 is 16.4 Å². The molecule has 3 aromatic heterocycles. The van der Waals surface area contributed by atoms with E-state index in [-0.39, 0.29) is 33.0 Å². The summed E-state index contributed by atoms with van der Waals surface area (Å²) in [6, 6.07) is 65.7. The van der Waals surface area contributed by atoms with Gasteiger partial charge >= 0.3 is 0 Å². The second-order valence-corrected chi connectivity index (χ2v) is 29.6. The van der Waals surface area contributed by atoms with E-state index in [0.717, 1.165) is 45.7 Å². The molecule has 9 aromatic carbocycles. The molecule has 82 heavy (non-hydrogen) atoms. The summed E-state index contributed by atoms with van der Waals surface area (Å²) in [6.07, 6.45) is 0.898. The van der Waals surface area contributed by atoms with Crippen LogP contribution in [-0.2, 0) is 33.5 Å². The topological polar surface area (TPSA) is 30.1 Å². The maximum Gasteiger partial charge on any atom is 0.247 e. The van der Waals surface area contributed by atoms with Crippen molar-refractivity contribution in [1.82, 2.24) is 4.57 Å². The van der Waals surface area contributed by atoms with Gasteiger partial charge in [-0.05, 0) is 155 Å². The van der Waals surface area contributed by atoms with Crippen LogP contribution in [0, 0.1) is 0 Å². The summed E-state index contributed by atoms with van der Waals surface area (Å²) in [5, 5.41) is 10.3. The molecule has 1 aliphatic heterocycles. The lowest BCUT2D eigenvalue weighted by Crippen LogP contribution is -2.36. The highest BCUT2D eigenvalue weighted by molar-refractivity contribution is 7.25. The molecule has 12 aromatic rings. The number of nitrogens with zero attached hydrogens (tertiary/aromatic N) is 1. The molecule has 1 radical (unpaired) electrons. The summed E-state index contributed by atoms with van der Waals surface area (Å²) < 4.78 is 12.2. The molecule has 0 unspecified atom stereocenters. The molecule has 407 valence electrons. The molecule has 14 rings (SSSR count). The highest BCUT2D eigenvalue weighted by atomic mass is 32.1. The fourth-order valence-corrected chi connectivity index (χ4v) is 14.7. The third-order valence-electron chi connectivity index (χ3n) is 18.5. The number of hydrogen-bond donors (Lipinski definition) is 1. The summed E-state index contributed by atoms with van der Waals surface area (Å²) in [6.45, 7) is 32.4.